The molecule has 0 spiro atoms. The largest absolute Gasteiger partial charge is 0.497 e. The van der Waals surface area contributed by atoms with Gasteiger partial charge in [0.2, 0.25) is 0 Å². The predicted molar refractivity (Wildman–Crippen MR) is 243 cm³/mol. The van der Waals surface area contributed by atoms with Crippen LogP contribution in [0.2, 0.25) is 0 Å². The minimum absolute atomic E-state index is 0.198. The van der Waals surface area contributed by atoms with Crippen LogP contribution in [0.15, 0.2) is 103 Å². The summed E-state index contributed by atoms with van der Waals surface area (Å²) in [4.78, 5) is 92.4. The first-order chi connectivity index (χ1) is 30.7. The number of imide groups is 3. The van der Waals surface area contributed by atoms with E-state index in [-0.39, 0.29) is 22.5 Å². The van der Waals surface area contributed by atoms with Crippen LogP contribution in [0, 0.1) is 0 Å². The Morgan fingerprint density at radius 2 is 0.889 bits per heavy atom. The Labute approximate surface area is 364 Å². The van der Waals surface area contributed by atoms with Crippen LogP contribution in [0.5, 0.6) is 5.75 Å². The molecule has 10 rings (SSSR count). The maximum Gasteiger partial charge on any atom is 0.265 e. The molecule has 4 heterocycles. The number of carbonyl (C=O) groups excluding carboxylic acids is 6. The molecule has 0 N–H and O–H groups in total. The van der Waals surface area contributed by atoms with Gasteiger partial charge in [-0.3, -0.25) is 33.7 Å². The molecular weight excluding hydrogens is 795 g/mol. The molecule has 1 saturated heterocycles. The molecule has 63 heavy (non-hydrogen) atoms. The van der Waals surface area contributed by atoms with E-state index in [2.05, 4.69) is 28.9 Å². The quantitative estimate of drug-likeness (QED) is 0.0877. The molecule has 12 heteroatoms. The number of unbranched alkanes of at least 4 members (excludes halogenated alkanes) is 5. The lowest BCUT2D eigenvalue weighted by atomic mass is 9.85. The molecule has 6 aromatic rings. The van der Waals surface area contributed by atoms with Crippen molar-refractivity contribution in [1.82, 2.24) is 4.90 Å². The lowest BCUT2D eigenvalue weighted by molar-refractivity contribution is 0.0605. The summed E-state index contributed by atoms with van der Waals surface area (Å²) in [6, 6.07) is 29.7. The standard InChI is InChI=1S/C51H45N5O7/c1-3-4-5-6-7-8-26-54-46(57)38-20-22-40-45-41(23-21-39(44(38)45)47(54)58)51(62)56(50(40)61)33-14-12-32(13-15-33)55-48(59)36-11-9-10-35-42(25-24-37(43(35)36)49(55)60)53-29-27-52(28-30-53)31-16-18-34(63-2)19-17-31/h9-25H,3-8,26-30H2,1-2H3. The Bertz CT molecular complexity index is 2820. The van der Waals surface area contributed by atoms with E-state index in [1.807, 2.05) is 30.3 Å². The summed E-state index contributed by atoms with van der Waals surface area (Å²) in [5.74, 6) is -2.21. The molecule has 0 bridgehead atoms. The van der Waals surface area contributed by atoms with E-state index < -0.39 is 35.4 Å². The Balaban J connectivity index is 0.882. The van der Waals surface area contributed by atoms with Crippen molar-refractivity contribution >= 4 is 79.7 Å². The van der Waals surface area contributed by atoms with Gasteiger partial charge in [0.15, 0.2) is 0 Å². The zero-order valence-electron chi connectivity index (χ0n) is 35.2. The second kappa shape index (κ2) is 15.8. The van der Waals surface area contributed by atoms with E-state index >= 15 is 0 Å². The van der Waals surface area contributed by atoms with Gasteiger partial charge in [0, 0.05) is 99.0 Å². The molecule has 0 aromatic heterocycles. The molecule has 0 atom stereocenters. The second-order valence-electron chi connectivity index (χ2n) is 16.5. The van der Waals surface area contributed by atoms with Gasteiger partial charge in [-0.25, -0.2) is 9.80 Å². The molecule has 4 aliphatic rings. The number of carbonyl (C=O) groups is 6. The van der Waals surface area contributed by atoms with Gasteiger partial charge in [-0.15, -0.1) is 0 Å². The fourth-order valence-electron chi connectivity index (χ4n) is 9.75. The lowest BCUT2D eigenvalue weighted by Gasteiger charge is -2.38. The van der Waals surface area contributed by atoms with Crippen molar-refractivity contribution < 1.29 is 33.5 Å². The second-order valence-corrected chi connectivity index (χ2v) is 16.5. The normalized spacial score (nSPS) is 16.0. The average molecular weight is 840 g/mol. The number of nitrogens with zero attached hydrogens (tertiary/aromatic N) is 5. The van der Waals surface area contributed by atoms with E-state index in [0.717, 1.165) is 90.6 Å². The summed E-state index contributed by atoms with van der Waals surface area (Å²) in [5, 5.41) is 2.08. The van der Waals surface area contributed by atoms with E-state index in [4.69, 9.17) is 4.74 Å². The smallest absolute Gasteiger partial charge is 0.265 e. The topological polar surface area (TPSA) is 128 Å². The van der Waals surface area contributed by atoms with Gasteiger partial charge in [-0.2, -0.15) is 0 Å². The third-order valence-electron chi connectivity index (χ3n) is 13.0. The highest BCUT2D eigenvalue weighted by Gasteiger charge is 2.41. The zero-order valence-corrected chi connectivity index (χ0v) is 35.2. The number of hydrogen-bond acceptors (Lipinski definition) is 9. The van der Waals surface area contributed by atoms with Crippen LogP contribution in [0.25, 0.3) is 21.5 Å². The molecule has 0 radical (unpaired) electrons. The van der Waals surface area contributed by atoms with Crippen molar-refractivity contribution in [1.29, 1.82) is 0 Å². The number of ether oxygens (including phenoxy) is 1. The third-order valence-corrected chi connectivity index (χ3v) is 13.0. The molecule has 316 valence electrons. The molecule has 6 aromatic carbocycles. The molecule has 0 aliphatic carbocycles. The monoisotopic (exact) mass is 839 g/mol. The molecule has 6 amide bonds. The number of benzene rings is 6. The van der Waals surface area contributed by atoms with Crippen molar-refractivity contribution in [2.24, 2.45) is 0 Å². The molecule has 12 nitrogen and oxygen atoms in total. The summed E-state index contributed by atoms with van der Waals surface area (Å²) >= 11 is 0. The first-order valence-electron chi connectivity index (χ1n) is 21.7. The summed E-state index contributed by atoms with van der Waals surface area (Å²) in [6.07, 6.45) is 6.07. The Hall–Kier alpha value is -7.34. The Kier molecular flexibility index (Phi) is 10.0. The van der Waals surface area contributed by atoms with Gasteiger partial charge in [-0.05, 0) is 97.4 Å². The summed E-state index contributed by atoms with van der Waals surface area (Å²) in [5.41, 5.74) is 4.41. The highest BCUT2D eigenvalue weighted by molar-refractivity contribution is 6.40. The van der Waals surface area contributed by atoms with Crippen LogP contribution in [-0.2, 0) is 0 Å². The number of anilines is 4. The first-order valence-corrected chi connectivity index (χ1v) is 21.7. The molecule has 1 fully saturated rings. The maximum absolute atomic E-state index is 14.2. The highest BCUT2D eigenvalue weighted by atomic mass is 16.5. The van der Waals surface area contributed by atoms with E-state index in [0.29, 0.717) is 51.4 Å². The van der Waals surface area contributed by atoms with E-state index in [1.165, 1.54) is 17.0 Å². The van der Waals surface area contributed by atoms with Crippen LogP contribution in [0.4, 0.5) is 22.7 Å². The SMILES string of the molecule is CCCCCCCCN1C(=O)c2ccc3c4c(ccc(c24)C1=O)C(=O)N(c1ccc(N2C(=O)c4cccc5c(N6CCN(c7ccc(OC)cc7)CC6)ccc(c45)C2=O)cc1)C3=O. The average Bonchev–Trinajstić information content (AvgIpc) is 3.31. The number of methoxy groups -OCH3 is 1. The van der Waals surface area contributed by atoms with Gasteiger partial charge in [0.1, 0.15) is 5.75 Å². The lowest BCUT2D eigenvalue weighted by Crippen LogP contribution is -2.46. The van der Waals surface area contributed by atoms with Crippen LogP contribution in [0.3, 0.4) is 0 Å². The highest BCUT2D eigenvalue weighted by Crippen LogP contribution is 2.41. The first kappa shape index (κ1) is 39.8. The van der Waals surface area contributed by atoms with Gasteiger partial charge in [0.05, 0.1) is 18.5 Å². The van der Waals surface area contributed by atoms with Gasteiger partial charge in [0.25, 0.3) is 35.4 Å². The fraction of sp³-hybridized carbons (Fsp3) is 0.255. The van der Waals surface area contributed by atoms with Crippen molar-refractivity contribution in [3.63, 3.8) is 0 Å². The Morgan fingerprint density at radius 3 is 1.43 bits per heavy atom. The van der Waals surface area contributed by atoms with E-state index in [9.17, 15) is 28.8 Å². The van der Waals surface area contributed by atoms with Gasteiger partial charge in [-0.1, -0.05) is 51.2 Å². The van der Waals surface area contributed by atoms with Gasteiger partial charge < -0.3 is 14.5 Å². The predicted octanol–water partition coefficient (Wildman–Crippen LogP) is 8.89. The molecule has 0 saturated carbocycles. The maximum atomic E-state index is 14.2. The van der Waals surface area contributed by atoms with Crippen molar-refractivity contribution in [2.45, 2.75) is 45.4 Å². The summed E-state index contributed by atoms with van der Waals surface area (Å²) in [6.45, 7) is 5.58. The molecule has 0 unspecified atom stereocenters. The van der Waals surface area contributed by atoms with Crippen LogP contribution in [0.1, 0.15) is 108 Å². The number of hydrogen-bond donors (Lipinski definition) is 0. The molecular formula is C51H45N5O7. The fourth-order valence-corrected chi connectivity index (χ4v) is 9.75. The Morgan fingerprint density at radius 1 is 0.444 bits per heavy atom. The van der Waals surface area contributed by atoms with Crippen LogP contribution < -0.4 is 24.3 Å². The van der Waals surface area contributed by atoms with Crippen molar-refractivity contribution in [2.75, 3.05) is 59.4 Å². The van der Waals surface area contributed by atoms with Crippen LogP contribution >= 0.6 is 0 Å². The van der Waals surface area contributed by atoms with Crippen LogP contribution in [-0.4, -0.2) is 80.2 Å². The van der Waals surface area contributed by atoms with E-state index in [1.54, 1.807) is 55.6 Å². The molecule has 4 aliphatic heterocycles. The minimum atomic E-state index is -0.609. The zero-order chi connectivity index (χ0) is 43.5. The summed E-state index contributed by atoms with van der Waals surface area (Å²) < 4.78 is 5.32. The third kappa shape index (κ3) is 6.42. The van der Waals surface area contributed by atoms with Crippen molar-refractivity contribution in [3.8, 4) is 5.75 Å². The number of rotatable bonds is 12. The summed E-state index contributed by atoms with van der Waals surface area (Å²) in [7, 11) is 1.65. The number of piperazine rings is 1. The van der Waals surface area contributed by atoms with Crippen molar-refractivity contribution in [3.05, 3.63) is 137 Å². The minimum Gasteiger partial charge on any atom is -0.497 e. The number of amides is 6. The van der Waals surface area contributed by atoms with Gasteiger partial charge >= 0.3 is 0 Å².